The predicted molar refractivity (Wildman–Crippen MR) is 75.3 cm³/mol. The van der Waals surface area contributed by atoms with Crippen molar-refractivity contribution in [3.05, 3.63) is 11.9 Å². The van der Waals surface area contributed by atoms with Crippen LogP contribution in [0.25, 0.3) is 0 Å². The lowest BCUT2D eigenvalue weighted by atomic mass is 10.3. The van der Waals surface area contributed by atoms with Gasteiger partial charge in [-0.3, -0.25) is 0 Å². The molecule has 1 aliphatic heterocycles. The summed E-state index contributed by atoms with van der Waals surface area (Å²) in [5.74, 6) is 2.96. The zero-order valence-corrected chi connectivity index (χ0v) is 11.4. The summed E-state index contributed by atoms with van der Waals surface area (Å²) < 4.78 is 0. The van der Waals surface area contributed by atoms with Crippen LogP contribution in [0.15, 0.2) is 6.07 Å². The van der Waals surface area contributed by atoms with Crippen LogP contribution in [0.5, 0.6) is 0 Å². The lowest BCUT2D eigenvalue weighted by Gasteiger charge is -2.28. The van der Waals surface area contributed by atoms with Gasteiger partial charge in [-0.15, -0.1) is 0 Å². The second kappa shape index (κ2) is 6.54. The van der Waals surface area contributed by atoms with E-state index in [9.17, 15) is 0 Å². The van der Waals surface area contributed by atoms with Crippen molar-refractivity contribution < 1.29 is 0 Å². The number of hydrogen-bond donors (Lipinski definition) is 2. The molecule has 2 N–H and O–H groups in total. The van der Waals surface area contributed by atoms with Gasteiger partial charge in [-0.05, 0) is 13.3 Å². The largest absolute Gasteiger partial charge is 0.370 e. The fraction of sp³-hybridized carbons (Fsp3) is 0.692. The van der Waals surface area contributed by atoms with Crippen molar-refractivity contribution in [2.45, 2.75) is 26.7 Å². The average molecular weight is 249 g/mol. The van der Waals surface area contributed by atoms with Gasteiger partial charge in [-0.1, -0.05) is 6.92 Å². The molecule has 5 nitrogen and oxygen atoms in total. The third-order valence-corrected chi connectivity index (χ3v) is 3.03. The fourth-order valence-corrected chi connectivity index (χ4v) is 2.15. The van der Waals surface area contributed by atoms with Gasteiger partial charge in [0.15, 0.2) is 0 Å². The van der Waals surface area contributed by atoms with Crippen molar-refractivity contribution in [3.8, 4) is 0 Å². The first-order valence-corrected chi connectivity index (χ1v) is 6.91. The van der Waals surface area contributed by atoms with Crippen molar-refractivity contribution in [2.75, 3.05) is 42.9 Å². The van der Waals surface area contributed by atoms with E-state index < -0.39 is 0 Å². The molecule has 0 bridgehead atoms. The number of anilines is 2. The molecule has 18 heavy (non-hydrogen) atoms. The molecule has 5 heteroatoms. The molecule has 2 rings (SSSR count). The van der Waals surface area contributed by atoms with Crippen molar-refractivity contribution in [1.82, 2.24) is 15.3 Å². The van der Waals surface area contributed by atoms with Crippen LogP contribution in [0.4, 0.5) is 11.6 Å². The minimum Gasteiger partial charge on any atom is -0.370 e. The molecule has 0 amide bonds. The quantitative estimate of drug-likeness (QED) is 0.823. The van der Waals surface area contributed by atoms with Crippen LogP contribution in [0, 0.1) is 0 Å². The van der Waals surface area contributed by atoms with E-state index in [0.29, 0.717) is 0 Å². The molecule has 1 aromatic heterocycles. The van der Waals surface area contributed by atoms with Crippen molar-refractivity contribution in [3.63, 3.8) is 0 Å². The van der Waals surface area contributed by atoms with Gasteiger partial charge in [0, 0.05) is 45.2 Å². The van der Waals surface area contributed by atoms with Gasteiger partial charge in [0.2, 0.25) is 0 Å². The summed E-state index contributed by atoms with van der Waals surface area (Å²) in [5, 5.41) is 6.66. The molecule has 0 unspecified atom stereocenters. The third-order valence-electron chi connectivity index (χ3n) is 3.03. The van der Waals surface area contributed by atoms with Crippen LogP contribution in [-0.2, 0) is 6.42 Å². The summed E-state index contributed by atoms with van der Waals surface area (Å²) in [6.07, 6.45) is 2.02. The lowest BCUT2D eigenvalue weighted by Crippen LogP contribution is -2.44. The van der Waals surface area contributed by atoms with Crippen molar-refractivity contribution in [2.24, 2.45) is 0 Å². The normalized spacial score (nSPS) is 15.8. The summed E-state index contributed by atoms with van der Waals surface area (Å²) in [6.45, 7) is 9.25. The van der Waals surface area contributed by atoms with Gasteiger partial charge in [0.05, 0.1) is 0 Å². The van der Waals surface area contributed by atoms with Crippen LogP contribution in [0.3, 0.4) is 0 Å². The van der Waals surface area contributed by atoms with Crippen LogP contribution in [-0.4, -0.2) is 42.7 Å². The van der Waals surface area contributed by atoms with Gasteiger partial charge in [0.25, 0.3) is 0 Å². The minimum absolute atomic E-state index is 0.892. The molecule has 0 saturated carbocycles. The van der Waals surface area contributed by atoms with Gasteiger partial charge in [-0.25, -0.2) is 9.97 Å². The Bertz CT molecular complexity index is 349. The zero-order chi connectivity index (χ0) is 12.8. The first kappa shape index (κ1) is 13.1. The molecule has 1 fully saturated rings. The van der Waals surface area contributed by atoms with E-state index in [0.717, 1.165) is 63.0 Å². The number of nitrogens with one attached hydrogen (secondary N) is 2. The van der Waals surface area contributed by atoms with Gasteiger partial charge in [0.1, 0.15) is 17.5 Å². The maximum atomic E-state index is 4.68. The average Bonchev–Trinajstić information content (AvgIpc) is 2.40. The second-order valence-electron chi connectivity index (χ2n) is 4.54. The summed E-state index contributed by atoms with van der Waals surface area (Å²) in [5.41, 5.74) is 0. The SMILES string of the molecule is CCCc1nc(NCC)cc(N2CCNCC2)n1. The molecular formula is C13H23N5. The number of piperazine rings is 1. The molecule has 0 aromatic carbocycles. The van der Waals surface area contributed by atoms with Crippen molar-refractivity contribution in [1.29, 1.82) is 0 Å². The molecule has 0 spiro atoms. The molecular weight excluding hydrogens is 226 g/mol. The number of hydrogen-bond acceptors (Lipinski definition) is 5. The smallest absolute Gasteiger partial charge is 0.134 e. The van der Waals surface area contributed by atoms with E-state index in [1.54, 1.807) is 0 Å². The Hall–Kier alpha value is -1.36. The van der Waals surface area contributed by atoms with Crippen LogP contribution < -0.4 is 15.5 Å². The number of aromatic nitrogens is 2. The van der Waals surface area contributed by atoms with E-state index in [1.807, 2.05) is 0 Å². The lowest BCUT2D eigenvalue weighted by molar-refractivity contribution is 0.583. The topological polar surface area (TPSA) is 53.1 Å². The second-order valence-corrected chi connectivity index (χ2v) is 4.54. The van der Waals surface area contributed by atoms with E-state index in [-0.39, 0.29) is 0 Å². The number of rotatable bonds is 5. The molecule has 2 heterocycles. The standard InChI is InChI=1S/C13H23N5/c1-3-5-11-16-12(15-4-2)10-13(17-11)18-8-6-14-7-9-18/h10,14H,3-9H2,1-2H3,(H,15,16,17). The van der Waals surface area contributed by atoms with E-state index in [1.165, 1.54) is 0 Å². The molecule has 0 aliphatic carbocycles. The van der Waals surface area contributed by atoms with E-state index >= 15 is 0 Å². The Kier molecular flexibility index (Phi) is 4.75. The highest BCUT2D eigenvalue weighted by molar-refractivity contribution is 5.49. The molecule has 0 radical (unpaired) electrons. The first-order chi connectivity index (χ1) is 8.83. The number of aryl methyl sites for hydroxylation is 1. The summed E-state index contributed by atoms with van der Waals surface area (Å²) in [6, 6.07) is 2.06. The number of nitrogens with zero attached hydrogens (tertiary/aromatic N) is 3. The van der Waals surface area contributed by atoms with Crippen LogP contribution in [0.1, 0.15) is 26.1 Å². The van der Waals surface area contributed by atoms with Crippen LogP contribution in [0.2, 0.25) is 0 Å². The van der Waals surface area contributed by atoms with E-state index in [4.69, 9.17) is 0 Å². The minimum atomic E-state index is 0.892. The monoisotopic (exact) mass is 249 g/mol. The molecule has 1 aromatic rings. The van der Waals surface area contributed by atoms with Crippen LogP contribution >= 0.6 is 0 Å². The Morgan fingerprint density at radius 3 is 2.72 bits per heavy atom. The molecule has 1 saturated heterocycles. The third kappa shape index (κ3) is 3.32. The van der Waals surface area contributed by atoms with Gasteiger partial charge < -0.3 is 15.5 Å². The van der Waals surface area contributed by atoms with E-state index in [2.05, 4.69) is 45.4 Å². The zero-order valence-electron chi connectivity index (χ0n) is 11.4. The van der Waals surface area contributed by atoms with Gasteiger partial charge in [-0.2, -0.15) is 0 Å². The Morgan fingerprint density at radius 2 is 2.06 bits per heavy atom. The fourth-order valence-electron chi connectivity index (χ4n) is 2.15. The highest BCUT2D eigenvalue weighted by Gasteiger charge is 2.13. The molecule has 1 aliphatic rings. The highest BCUT2D eigenvalue weighted by atomic mass is 15.2. The Morgan fingerprint density at radius 1 is 1.28 bits per heavy atom. The predicted octanol–water partition coefficient (Wildman–Crippen LogP) is 1.27. The van der Waals surface area contributed by atoms with Crippen molar-refractivity contribution >= 4 is 11.6 Å². The first-order valence-electron chi connectivity index (χ1n) is 6.91. The van der Waals surface area contributed by atoms with Gasteiger partial charge >= 0.3 is 0 Å². The molecule has 0 atom stereocenters. The maximum absolute atomic E-state index is 4.68. The Labute approximate surface area is 109 Å². The summed E-state index contributed by atoms with van der Waals surface area (Å²) in [4.78, 5) is 11.6. The molecule has 100 valence electrons. The highest BCUT2D eigenvalue weighted by Crippen LogP contribution is 2.17. The summed E-state index contributed by atoms with van der Waals surface area (Å²) in [7, 11) is 0. The summed E-state index contributed by atoms with van der Waals surface area (Å²) >= 11 is 0. The Balaban J connectivity index is 2.20. The maximum Gasteiger partial charge on any atom is 0.134 e.